The summed E-state index contributed by atoms with van der Waals surface area (Å²) in [7, 11) is -3.20. The second kappa shape index (κ2) is 9.04. The van der Waals surface area contributed by atoms with Crippen molar-refractivity contribution in [1.82, 2.24) is 0 Å². The van der Waals surface area contributed by atoms with Crippen LogP contribution in [0.2, 0.25) is 0 Å². The van der Waals surface area contributed by atoms with Gasteiger partial charge in [-0.2, -0.15) is 0 Å². The Kier molecular flexibility index (Phi) is 6.66. The number of rotatable bonds is 8. The highest BCUT2D eigenvalue weighted by Crippen LogP contribution is 2.35. The number of hydrogen-bond acceptors (Lipinski definition) is 4. The Balaban J connectivity index is 1.76. The van der Waals surface area contributed by atoms with Crippen LogP contribution in [-0.4, -0.2) is 32.4 Å². The smallest absolute Gasteiger partial charge is 0.303 e. The van der Waals surface area contributed by atoms with Crippen molar-refractivity contribution in [2.24, 2.45) is 0 Å². The van der Waals surface area contributed by atoms with Crippen LogP contribution in [0.4, 0.5) is 0 Å². The molecule has 0 unspecified atom stereocenters. The zero-order chi connectivity index (χ0) is 21.9. The molecular weight excluding hydrogens is 400 g/mol. The standard InChI is InChI=1S/C24H28O5S/c1-16-17(2)23(13-9-18(16)10-14-24(25)26)29-15-20-5-4-6-22(20)19-7-11-21(12-8-19)30(3,27)28/h7-9,11-13H,4-6,10,14-15H2,1-3H3,(H,25,26). The second-order valence-corrected chi connectivity index (χ2v) is 9.90. The third-order valence-electron chi connectivity index (χ3n) is 5.82. The molecule has 0 bridgehead atoms. The van der Waals surface area contributed by atoms with Gasteiger partial charge in [0.05, 0.1) is 4.90 Å². The Morgan fingerprint density at radius 3 is 2.37 bits per heavy atom. The van der Waals surface area contributed by atoms with E-state index in [0.717, 1.165) is 47.3 Å². The van der Waals surface area contributed by atoms with Crippen molar-refractivity contribution in [3.8, 4) is 5.75 Å². The number of carbonyl (C=O) groups is 1. The van der Waals surface area contributed by atoms with E-state index in [1.165, 1.54) is 17.4 Å². The molecule has 0 aromatic heterocycles. The van der Waals surface area contributed by atoms with Crippen LogP contribution in [0.5, 0.6) is 5.75 Å². The van der Waals surface area contributed by atoms with Crippen LogP contribution in [0.15, 0.2) is 46.9 Å². The third-order valence-corrected chi connectivity index (χ3v) is 6.95. The molecule has 0 saturated carbocycles. The van der Waals surface area contributed by atoms with E-state index in [-0.39, 0.29) is 6.42 Å². The molecule has 5 nitrogen and oxygen atoms in total. The highest BCUT2D eigenvalue weighted by Gasteiger charge is 2.18. The van der Waals surface area contributed by atoms with Crippen LogP contribution in [-0.2, 0) is 21.1 Å². The number of allylic oxidation sites excluding steroid dienone is 1. The fourth-order valence-electron chi connectivity index (χ4n) is 3.90. The number of hydrogen-bond donors (Lipinski definition) is 1. The van der Waals surface area contributed by atoms with Gasteiger partial charge >= 0.3 is 5.97 Å². The summed E-state index contributed by atoms with van der Waals surface area (Å²) < 4.78 is 29.5. The highest BCUT2D eigenvalue weighted by molar-refractivity contribution is 7.90. The van der Waals surface area contributed by atoms with Crippen LogP contribution in [0.1, 0.15) is 47.9 Å². The Hall–Kier alpha value is -2.60. The van der Waals surface area contributed by atoms with E-state index < -0.39 is 15.8 Å². The zero-order valence-corrected chi connectivity index (χ0v) is 18.5. The van der Waals surface area contributed by atoms with Gasteiger partial charge in [0.1, 0.15) is 12.4 Å². The Bertz CT molecular complexity index is 1080. The molecule has 160 valence electrons. The van der Waals surface area contributed by atoms with Crippen molar-refractivity contribution in [3.63, 3.8) is 0 Å². The van der Waals surface area contributed by atoms with E-state index in [2.05, 4.69) is 0 Å². The lowest BCUT2D eigenvalue weighted by molar-refractivity contribution is -0.136. The van der Waals surface area contributed by atoms with Crippen molar-refractivity contribution in [2.75, 3.05) is 12.9 Å². The normalized spacial score (nSPS) is 14.2. The monoisotopic (exact) mass is 428 g/mol. The minimum Gasteiger partial charge on any atom is -0.489 e. The van der Waals surface area contributed by atoms with Gasteiger partial charge in [-0.1, -0.05) is 18.2 Å². The van der Waals surface area contributed by atoms with Crippen LogP contribution < -0.4 is 4.74 Å². The van der Waals surface area contributed by atoms with E-state index in [4.69, 9.17) is 9.84 Å². The Labute approximate surface area is 178 Å². The molecule has 0 spiro atoms. The molecule has 30 heavy (non-hydrogen) atoms. The van der Waals surface area contributed by atoms with Gasteiger partial charge < -0.3 is 9.84 Å². The first kappa shape index (κ1) is 22.1. The fourth-order valence-corrected chi connectivity index (χ4v) is 4.53. The number of aliphatic carboxylic acids is 1. The highest BCUT2D eigenvalue weighted by atomic mass is 32.2. The summed E-state index contributed by atoms with van der Waals surface area (Å²) in [6, 6.07) is 11.0. The maximum atomic E-state index is 11.7. The maximum Gasteiger partial charge on any atom is 0.303 e. The van der Waals surface area contributed by atoms with Gasteiger partial charge in [0.2, 0.25) is 0 Å². The molecule has 1 aliphatic rings. The van der Waals surface area contributed by atoms with Crippen molar-refractivity contribution >= 4 is 21.4 Å². The molecule has 0 fully saturated rings. The molecule has 0 saturated heterocycles. The number of benzene rings is 2. The molecule has 1 aliphatic carbocycles. The van der Waals surface area contributed by atoms with Crippen LogP contribution in [0.25, 0.3) is 5.57 Å². The quantitative estimate of drug-likeness (QED) is 0.657. The lowest BCUT2D eigenvalue weighted by atomic mass is 9.99. The largest absolute Gasteiger partial charge is 0.489 e. The SMILES string of the molecule is Cc1c(CCC(=O)O)ccc(OCC2=C(c3ccc(S(C)(=O)=O)cc3)CCC2)c1C. The average molecular weight is 429 g/mol. The average Bonchev–Trinajstić information content (AvgIpc) is 3.16. The van der Waals surface area contributed by atoms with Crippen LogP contribution in [0, 0.1) is 13.8 Å². The molecular formula is C24H28O5S. The summed E-state index contributed by atoms with van der Waals surface area (Å²) in [6.07, 6.45) is 4.85. The van der Waals surface area contributed by atoms with Crippen LogP contribution >= 0.6 is 0 Å². The summed E-state index contributed by atoms with van der Waals surface area (Å²) in [5.41, 5.74) is 6.68. The molecule has 2 aromatic carbocycles. The molecule has 0 atom stereocenters. The summed E-state index contributed by atoms with van der Waals surface area (Å²) >= 11 is 0. The first-order valence-corrected chi connectivity index (χ1v) is 12.0. The first-order chi connectivity index (χ1) is 14.2. The van der Waals surface area contributed by atoms with Gasteiger partial charge in [-0.25, -0.2) is 8.42 Å². The molecule has 3 rings (SSSR count). The number of carboxylic acid groups (broad SMARTS) is 1. The van der Waals surface area contributed by atoms with E-state index in [1.807, 2.05) is 38.1 Å². The predicted octanol–water partition coefficient (Wildman–Crippen LogP) is 4.74. The van der Waals surface area contributed by atoms with E-state index >= 15 is 0 Å². The number of sulfone groups is 1. The molecule has 1 N–H and O–H groups in total. The summed E-state index contributed by atoms with van der Waals surface area (Å²) in [5, 5.41) is 8.91. The van der Waals surface area contributed by atoms with Crippen molar-refractivity contribution in [2.45, 2.75) is 50.8 Å². The molecule has 2 aromatic rings. The third kappa shape index (κ3) is 5.11. The van der Waals surface area contributed by atoms with Crippen molar-refractivity contribution in [3.05, 3.63) is 64.2 Å². The lowest BCUT2D eigenvalue weighted by Gasteiger charge is -2.16. The first-order valence-electron chi connectivity index (χ1n) is 10.1. The topological polar surface area (TPSA) is 80.7 Å². The lowest BCUT2D eigenvalue weighted by Crippen LogP contribution is -2.05. The maximum absolute atomic E-state index is 11.7. The summed E-state index contributed by atoms with van der Waals surface area (Å²) in [5.74, 6) is 0.0235. The van der Waals surface area contributed by atoms with Gasteiger partial charge in [0.25, 0.3) is 0 Å². The fraction of sp³-hybridized carbons (Fsp3) is 0.375. The number of ether oxygens (including phenoxy) is 1. The predicted molar refractivity (Wildman–Crippen MR) is 118 cm³/mol. The second-order valence-electron chi connectivity index (χ2n) is 7.89. The number of aryl methyl sites for hydroxylation is 1. The zero-order valence-electron chi connectivity index (χ0n) is 17.7. The van der Waals surface area contributed by atoms with Gasteiger partial charge in [0.15, 0.2) is 9.84 Å². The number of carboxylic acids is 1. The Morgan fingerprint density at radius 2 is 1.73 bits per heavy atom. The summed E-state index contributed by atoms with van der Waals surface area (Å²) in [6.45, 7) is 4.50. The van der Waals surface area contributed by atoms with E-state index in [9.17, 15) is 13.2 Å². The van der Waals surface area contributed by atoms with Crippen LogP contribution in [0.3, 0.4) is 0 Å². The summed E-state index contributed by atoms with van der Waals surface area (Å²) in [4.78, 5) is 11.2. The van der Waals surface area contributed by atoms with Crippen molar-refractivity contribution in [1.29, 1.82) is 0 Å². The molecule has 0 amide bonds. The van der Waals surface area contributed by atoms with Gasteiger partial charge in [-0.15, -0.1) is 0 Å². The minimum atomic E-state index is -3.20. The van der Waals surface area contributed by atoms with E-state index in [0.29, 0.717) is 17.9 Å². The molecule has 0 radical (unpaired) electrons. The van der Waals surface area contributed by atoms with Gasteiger partial charge in [0, 0.05) is 12.7 Å². The molecule has 0 aliphatic heterocycles. The van der Waals surface area contributed by atoms with E-state index in [1.54, 1.807) is 12.1 Å². The van der Waals surface area contributed by atoms with Crippen molar-refractivity contribution < 1.29 is 23.1 Å². The Morgan fingerprint density at radius 1 is 1.03 bits per heavy atom. The van der Waals surface area contributed by atoms with Gasteiger partial charge in [-0.3, -0.25) is 4.79 Å². The van der Waals surface area contributed by atoms with Gasteiger partial charge in [-0.05, 0) is 91.1 Å². The molecule has 6 heteroatoms. The molecule has 0 heterocycles. The minimum absolute atomic E-state index is 0.120.